The van der Waals surface area contributed by atoms with Gasteiger partial charge in [0.15, 0.2) is 13.6 Å². The lowest BCUT2D eigenvalue weighted by Crippen LogP contribution is -2.36. The number of hydrogen-bond donors (Lipinski definition) is 0. The minimum Gasteiger partial charge on any atom is -0.494 e. The zero-order valence-electron chi connectivity index (χ0n) is 25.1. The number of fused-ring (bicyclic) bond motifs is 1. The first-order chi connectivity index (χ1) is 20.7. The minimum absolute atomic E-state index is 0.0357. The van der Waals surface area contributed by atoms with Crippen LogP contribution < -0.4 is 18.9 Å². The van der Waals surface area contributed by atoms with Crippen molar-refractivity contribution in [3.63, 3.8) is 0 Å². The van der Waals surface area contributed by atoms with Crippen LogP contribution in [0, 0.1) is 0 Å². The monoisotopic (exact) mass is 632 g/mol. The van der Waals surface area contributed by atoms with Gasteiger partial charge in [-0.1, -0.05) is 25.1 Å². The molecule has 0 bridgehead atoms. The van der Waals surface area contributed by atoms with Crippen LogP contribution in [0.15, 0.2) is 71.6 Å². The Morgan fingerprint density at radius 1 is 0.767 bits per heavy atom. The molecule has 9 nitrogen and oxygen atoms in total. The number of rotatable bonds is 17. The zero-order valence-corrected chi connectivity index (χ0v) is 26.7. The van der Waals surface area contributed by atoms with Gasteiger partial charge in [0.25, 0.3) is 10.1 Å². The van der Waals surface area contributed by atoms with Crippen LogP contribution in [-0.2, 0) is 29.2 Å². The van der Waals surface area contributed by atoms with E-state index >= 15 is 0 Å². The first-order valence-electron chi connectivity index (χ1n) is 14.0. The predicted molar refractivity (Wildman–Crippen MR) is 166 cm³/mol. The highest BCUT2D eigenvalue weighted by molar-refractivity contribution is 7.99. The summed E-state index contributed by atoms with van der Waals surface area (Å²) >= 11 is 1.85. The maximum atomic E-state index is 11.1. The van der Waals surface area contributed by atoms with E-state index in [-0.39, 0.29) is 38.1 Å². The second-order valence-electron chi connectivity index (χ2n) is 10.4. The van der Waals surface area contributed by atoms with E-state index in [9.17, 15) is 8.42 Å². The van der Waals surface area contributed by atoms with Crippen LogP contribution in [0.25, 0.3) is 0 Å². The summed E-state index contributed by atoms with van der Waals surface area (Å²) in [7, 11) is -0.252. The van der Waals surface area contributed by atoms with Crippen molar-refractivity contribution < 1.29 is 41.0 Å². The Balaban J connectivity index is 1.41. The van der Waals surface area contributed by atoms with Gasteiger partial charge in [-0.2, -0.15) is 8.42 Å². The van der Waals surface area contributed by atoms with Crippen LogP contribution in [-0.4, -0.2) is 68.1 Å². The smallest absolute Gasteiger partial charge is 0.264 e. The van der Waals surface area contributed by atoms with Crippen LogP contribution in [0.4, 0.5) is 0 Å². The standard InChI is InChI=1S/C32H40O9S2/c1-32(24-7-9-27(10-8-24)39-22-35-2)21-42-31-20-28(40-23-36-3)15-16-29(31)30(32)6-5-17-37-25-11-13-26(14-12-25)38-18-19-41-43(4,33)34/h7-16,20,30H,5-6,17-19,21-23H2,1-4H3. The Morgan fingerprint density at radius 2 is 1.33 bits per heavy atom. The van der Waals surface area contributed by atoms with Crippen LogP contribution in [0.1, 0.15) is 36.8 Å². The molecule has 0 saturated carbocycles. The van der Waals surface area contributed by atoms with Gasteiger partial charge in [0, 0.05) is 30.3 Å². The summed E-state index contributed by atoms with van der Waals surface area (Å²) < 4.78 is 59.9. The summed E-state index contributed by atoms with van der Waals surface area (Å²) in [5.74, 6) is 4.13. The van der Waals surface area contributed by atoms with Gasteiger partial charge in [-0.05, 0) is 78.4 Å². The highest BCUT2D eigenvalue weighted by Gasteiger charge is 2.41. The molecular weight excluding hydrogens is 592 g/mol. The van der Waals surface area contributed by atoms with E-state index < -0.39 is 10.1 Å². The van der Waals surface area contributed by atoms with Crippen molar-refractivity contribution in [2.24, 2.45) is 0 Å². The maximum absolute atomic E-state index is 11.1. The zero-order chi connectivity index (χ0) is 30.7. The quantitative estimate of drug-likeness (QED) is 0.0999. The van der Waals surface area contributed by atoms with Crippen molar-refractivity contribution in [3.8, 4) is 23.0 Å². The Hall–Kier alpha value is -2.96. The molecule has 43 heavy (non-hydrogen) atoms. The number of benzene rings is 3. The molecule has 234 valence electrons. The van der Waals surface area contributed by atoms with Gasteiger partial charge >= 0.3 is 0 Å². The molecule has 3 aromatic carbocycles. The first kappa shape index (κ1) is 32.9. The summed E-state index contributed by atoms with van der Waals surface area (Å²) in [4.78, 5) is 1.23. The molecule has 0 amide bonds. The van der Waals surface area contributed by atoms with Gasteiger partial charge in [0.2, 0.25) is 0 Å². The van der Waals surface area contributed by atoms with Crippen LogP contribution >= 0.6 is 11.8 Å². The molecule has 1 heterocycles. The van der Waals surface area contributed by atoms with Gasteiger partial charge in [0.1, 0.15) is 36.2 Å². The third kappa shape index (κ3) is 9.51. The summed E-state index contributed by atoms with van der Waals surface area (Å²) in [6, 6.07) is 21.9. The van der Waals surface area contributed by atoms with E-state index in [1.54, 1.807) is 26.4 Å². The molecular formula is C32H40O9S2. The lowest BCUT2D eigenvalue weighted by Gasteiger charge is -2.43. The van der Waals surface area contributed by atoms with Crippen molar-refractivity contribution in [2.45, 2.75) is 36.0 Å². The molecule has 0 aliphatic carbocycles. The average molecular weight is 633 g/mol. The van der Waals surface area contributed by atoms with Gasteiger partial charge < -0.3 is 28.4 Å². The SMILES string of the molecule is COCOc1ccc(C2(C)CSc3cc(OCOC)ccc3C2CCCOc2ccc(OCCOS(C)(=O)=O)cc2)cc1. The molecule has 1 aliphatic heterocycles. The van der Waals surface area contributed by atoms with Gasteiger partial charge in [-0.3, -0.25) is 4.18 Å². The fraction of sp³-hybridized carbons (Fsp3) is 0.438. The molecule has 0 saturated heterocycles. The van der Waals surface area contributed by atoms with Crippen molar-refractivity contribution in [1.82, 2.24) is 0 Å². The second kappa shape index (κ2) is 15.7. The highest BCUT2D eigenvalue weighted by Crippen LogP contribution is 2.52. The Morgan fingerprint density at radius 3 is 1.95 bits per heavy atom. The van der Waals surface area contributed by atoms with E-state index in [0.29, 0.717) is 12.4 Å². The lowest BCUT2D eigenvalue weighted by atomic mass is 9.68. The van der Waals surface area contributed by atoms with Gasteiger partial charge in [-0.25, -0.2) is 0 Å². The minimum atomic E-state index is -3.48. The topological polar surface area (TPSA) is 98.8 Å². The third-order valence-corrected chi connectivity index (χ3v) is 9.24. The van der Waals surface area contributed by atoms with E-state index in [4.69, 9.17) is 32.6 Å². The van der Waals surface area contributed by atoms with Crippen molar-refractivity contribution >= 4 is 21.9 Å². The summed E-state index contributed by atoms with van der Waals surface area (Å²) in [6.07, 6.45) is 2.81. The largest absolute Gasteiger partial charge is 0.494 e. The normalized spacial score (nSPS) is 18.1. The molecule has 1 aliphatic rings. The molecule has 0 radical (unpaired) electrons. The van der Waals surface area contributed by atoms with Crippen LogP contribution in [0.2, 0.25) is 0 Å². The lowest BCUT2D eigenvalue weighted by molar-refractivity contribution is 0.0508. The summed E-state index contributed by atoms with van der Waals surface area (Å²) in [5.41, 5.74) is 2.47. The third-order valence-electron chi connectivity index (χ3n) is 7.24. The van der Waals surface area contributed by atoms with Crippen molar-refractivity contribution in [2.75, 3.05) is 59.6 Å². The number of thioether (sulfide) groups is 1. The van der Waals surface area contributed by atoms with Crippen molar-refractivity contribution in [3.05, 3.63) is 77.9 Å². The maximum Gasteiger partial charge on any atom is 0.264 e. The molecule has 2 atom stereocenters. The molecule has 0 spiro atoms. The van der Waals surface area contributed by atoms with E-state index in [1.165, 1.54) is 16.0 Å². The second-order valence-corrected chi connectivity index (χ2v) is 13.1. The summed E-state index contributed by atoms with van der Waals surface area (Å²) in [5, 5.41) is 0. The Bertz CT molecular complexity index is 1400. The van der Waals surface area contributed by atoms with E-state index in [0.717, 1.165) is 42.1 Å². The predicted octanol–water partition coefficient (Wildman–Crippen LogP) is 6.01. The average Bonchev–Trinajstić information content (AvgIpc) is 3.00. The first-order valence-corrected chi connectivity index (χ1v) is 16.8. The van der Waals surface area contributed by atoms with E-state index in [2.05, 4.69) is 31.2 Å². The van der Waals surface area contributed by atoms with Crippen LogP contribution in [0.5, 0.6) is 23.0 Å². The number of hydrogen-bond acceptors (Lipinski definition) is 10. The molecule has 0 N–H and O–H groups in total. The fourth-order valence-electron chi connectivity index (χ4n) is 5.09. The Kier molecular flexibility index (Phi) is 12.0. The number of ether oxygens (including phenoxy) is 6. The molecule has 3 aromatic rings. The van der Waals surface area contributed by atoms with Crippen molar-refractivity contribution in [1.29, 1.82) is 0 Å². The highest BCUT2D eigenvalue weighted by atomic mass is 32.2. The molecule has 4 rings (SSSR count). The molecule has 2 unspecified atom stereocenters. The summed E-state index contributed by atoms with van der Waals surface area (Å²) in [6.45, 7) is 3.43. The fourth-order valence-corrected chi connectivity index (χ4v) is 6.86. The Labute approximate surface area is 258 Å². The van der Waals surface area contributed by atoms with Gasteiger partial charge in [0.05, 0.1) is 12.9 Å². The van der Waals surface area contributed by atoms with Gasteiger partial charge in [-0.15, -0.1) is 11.8 Å². The number of methoxy groups -OCH3 is 2. The van der Waals surface area contributed by atoms with Crippen LogP contribution in [0.3, 0.4) is 0 Å². The molecule has 0 aromatic heterocycles. The van der Waals surface area contributed by atoms with E-state index in [1.807, 2.05) is 42.1 Å². The molecule has 11 heteroatoms. The molecule has 0 fully saturated rings.